The SMILES string of the molecule is CCCCCCCCCCCCCCOc1cc(CP(=O)(OCC)OCC)c(OCCCCCCCCCCCCCC)cc1CP(=O)(OCC)OCC. The molecule has 0 aliphatic carbocycles. The number of unbranched alkanes of at least 4 members (excludes halogenated alkanes) is 22. The highest BCUT2D eigenvalue weighted by Crippen LogP contribution is 2.55. The van der Waals surface area contributed by atoms with E-state index in [-0.39, 0.29) is 38.8 Å². The lowest BCUT2D eigenvalue weighted by Crippen LogP contribution is -2.08. The van der Waals surface area contributed by atoms with Crippen molar-refractivity contribution in [2.75, 3.05) is 39.6 Å². The van der Waals surface area contributed by atoms with E-state index in [0.717, 1.165) is 25.7 Å². The maximum atomic E-state index is 13.8. The van der Waals surface area contributed by atoms with Gasteiger partial charge in [-0.2, -0.15) is 0 Å². The van der Waals surface area contributed by atoms with E-state index in [4.69, 9.17) is 27.6 Å². The molecule has 10 heteroatoms. The Labute approximate surface area is 333 Å². The molecule has 0 saturated heterocycles. The minimum atomic E-state index is -3.44. The summed E-state index contributed by atoms with van der Waals surface area (Å²) in [4.78, 5) is 0. The van der Waals surface area contributed by atoms with E-state index < -0.39 is 15.2 Å². The molecule has 8 nitrogen and oxygen atoms in total. The molecule has 1 aromatic rings. The van der Waals surface area contributed by atoms with Crippen LogP contribution in [0.1, 0.15) is 207 Å². The summed E-state index contributed by atoms with van der Waals surface area (Å²) >= 11 is 0. The first kappa shape index (κ1) is 51.1. The number of ether oxygens (including phenoxy) is 2. The summed E-state index contributed by atoms with van der Waals surface area (Å²) < 4.78 is 63.2. The van der Waals surface area contributed by atoms with Gasteiger partial charge in [0.1, 0.15) is 11.5 Å². The molecule has 0 aliphatic heterocycles. The third-order valence-electron chi connectivity index (χ3n) is 9.79. The second-order valence-corrected chi connectivity index (χ2v) is 18.9. The van der Waals surface area contributed by atoms with E-state index in [0.29, 0.717) is 35.8 Å². The molecule has 0 spiro atoms. The van der Waals surface area contributed by atoms with Gasteiger partial charge in [0.25, 0.3) is 0 Å². The summed E-state index contributed by atoms with van der Waals surface area (Å²) in [5.41, 5.74) is 1.41. The van der Waals surface area contributed by atoms with Crippen LogP contribution in [0, 0.1) is 0 Å². The van der Waals surface area contributed by atoms with E-state index in [1.54, 1.807) is 0 Å². The van der Waals surface area contributed by atoms with Gasteiger partial charge < -0.3 is 27.6 Å². The molecule has 0 atom stereocenters. The second kappa shape index (κ2) is 34.2. The Morgan fingerprint density at radius 3 is 0.852 bits per heavy atom. The van der Waals surface area contributed by atoms with Gasteiger partial charge in [-0.25, -0.2) is 0 Å². The number of hydrogen-bond donors (Lipinski definition) is 0. The number of hydrogen-bond acceptors (Lipinski definition) is 8. The smallest absolute Gasteiger partial charge is 0.335 e. The average molecular weight is 803 g/mol. The molecule has 0 heterocycles. The van der Waals surface area contributed by atoms with Crippen LogP contribution in [0.5, 0.6) is 11.5 Å². The van der Waals surface area contributed by atoms with Crippen LogP contribution in [0.4, 0.5) is 0 Å². The standard InChI is InChI=1S/C44H84O8P2/c1-7-13-15-17-19-21-23-25-27-29-31-33-35-47-43-37-42(40-54(46,51-11-5)52-12-6)44(38-41(43)39-53(45,49-9-3)50-10-4)48-36-34-32-30-28-26-24-22-20-18-16-14-8-2/h37-38H,7-36,39-40H2,1-6H3. The highest BCUT2D eigenvalue weighted by molar-refractivity contribution is 7.53. The first-order chi connectivity index (χ1) is 26.3. The lowest BCUT2D eigenvalue weighted by Gasteiger charge is -2.23. The normalized spacial score (nSPS) is 12.1. The van der Waals surface area contributed by atoms with Crippen LogP contribution in [0.3, 0.4) is 0 Å². The van der Waals surface area contributed by atoms with Gasteiger partial charge in [-0.3, -0.25) is 9.13 Å². The van der Waals surface area contributed by atoms with Crippen LogP contribution >= 0.6 is 15.2 Å². The highest BCUT2D eigenvalue weighted by atomic mass is 31.2. The molecule has 0 unspecified atom stereocenters. The van der Waals surface area contributed by atoms with Crippen molar-refractivity contribution in [1.82, 2.24) is 0 Å². The van der Waals surface area contributed by atoms with Gasteiger partial charge in [0, 0.05) is 11.1 Å². The highest BCUT2D eigenvalue weighted by Gasteiger charge is 2.30. The fourth-order valence-electron chi connectivity index (χ4n) is 6.87. The van der Waals surface area contributed by atoms with Gasteiger partial charge in [0.2, 0.25) is 0 Å². The van der Waals surface area contributed by atoms with Gasteiger partial charge >= 0.3 is 15.2 Å². The first-order valence-corrected chi connectivity index (χ1v) is 25.9. The van der Waals surface area contributed by atoms with E-state index in [9.17, 15) is 9.13 Å². The molecule has 0 aromatic heterocycles. The summed E-state index contributed by atoms with van der Waals surface area (Å²) in [6.45, 7) is 14.0. The summed E-state index contributed by atoms with van der Waals surface area (Å²) in [7, 11) is -6.87. The van der Waals surface area contributed by atoms with E-state index in [2.05, 4.69) is 13.8 Å². The zero-order valence-corrected chi connectivity index (χ0v) is 37.7. The van der Waals surface area contributed by atoms with Crippen molar-refractivity contribution in [1.29, 1.82) is 0 Å². The van der Waals surface area contributed by atoms with Crippen LogP contribution in [0.25, 0.3) is 0 Å². The van der Waals surface area contributed by atoms with E-state index >= 15 is 0 Å². The second-order valence-electron chi connectivity index (χ2n) is 14.8. The van der Waals surface area contributed by atoms with Crippen molar-refractivity contribution in [3.63, 3.8) is 0 Å². The number of rotatable bonds is 40. The minimum Gasteiger partial charge on any atom is -0.493 e. The summed E-state index contributed by atoms with van der Waals surface area (Å²) in [5, 5.41) is 0. The van der Waals surface area contributed by atoms with Gasteiger partial charge in [0.15, 0.2) is 0 Å². The molecule has 0 amide bonds. The zero-order chi connectivity index (χ0) is 39.6. The van der Waals surface area contributed by atoms with Gasteiger partial charge in [-0.1, -0.05) is 155 Å². The van der Waals surface area contributed by atoms with Crippen LogP contribution in [-0.2, 0) is 39.5 Å². The Kier molecular flexibility index (Phi) is 32.4. The maximum Gasteiger partial charge on any atom is 0.335 e. The molecule has 0 bridgehead atoms. The Bertz CT molecular complexity index is 1010. The largest absolute Gasteiger partial charge is 0.493 e. The van der Waals surface area contributed by atoms with Gasteiger partial charge in [-0.05, 0) is 52.7 Å². The lowest BCUT2D eigenvalue weighted by molar-refractivity contribution is 0.216. The molecule has 1 rings (SSSR count). The molecule has 318 valence electrons. The Morgan fingerprint density at radius 2 is 0.611 bits per heavy atom. The lowest BCUT2D eigenvalue weighted by atomic mass is 10.1. The predicted molar refractivity (Wildman–Crippen MR) is 229 cm³/mol. The quantitative estimate of drug-likeness (QED) is 0.0479. The molecule has 0 N–H and O–H groups in total. The average Bonchev–Trinajstić information content (AvgIpc) is 3.13. The first-order valence-electron chi connectivity index (χ1n) is 22.5. The molecule has 0 aliphatic rings. The molecule has 1 aromatic carbocycles. The Hall–Kier alpha value is -0.880. The fourth-order valence-corrected chi connectivity index (χ4v) is 10.3. The van der Waals surface area contributed by atoms with Crippen molar-refractivity contribution >= 4 is 15.2 Å². The van der Waals surface area contributed by atoms with Crippen LogP contribution in [0.2, 0.25) is 0 Å². The maximum absolute atomic E-state index is 13.8. The molecular formula is C44H84O8P2. The zero-order valence-electron chi connectivity index (χ0n) is 35.9. The molecular weight excluding hydrogens is 718 g/mol. The third-order valence-corrected chi connectivity index (χ3v) is 13.8. The minimum absolute atomic E-state index is 0.0618. The molecule has 0 fully saturated rings. The summed E-state index contributed by atoms with van der Waals surface area (Å²) in [6, 6.07) is 3.78. The van der Waals surface area contributed by atoms with Gasteiger partial charge in [0.05, 0.1) is 52.0 Å². The van der Waals surface area contributed by atoms with E-state index in [1.807, 2.05) is 39.8 Å². The molecule has 0 radical (unpaired) electrons. The van der Waals surface area contributed by atoms with Crippen molar-refractivity contribution in [3.05, 3.63) is 23.3 Å². The van der Waals surface area contributed by atoms with Crippen LogP contribution in [0.15, 0.2) is 12.1 Å². The molecule has 0 saturated carbocycles. The van der Waals surface area contributed by atoms with E-state index in [1.165, 1.54) is 128 Å². The topological polar surface area (TPSA) is 89.5 Å². The van der Waals surface area contributed by atoms with Crippen molar-refractivity contribution in [2.24, 2.45) is 0 Å². The summed E-state index contributed by atoms with van der Waals surface area (Å²) in [5.74, 6) is 1.18. The third kappa shape index (κ3) is 25.4. The Morgan fingerprint density at radius 1 is 0.370 bits per heavy atom. The Balaban J connectivity index is 2.97. The van der Waals surface area contributed by atoms with Crippen molar-refractivity contribution < 1.29 is 36.7 Å². The monoisotopic (exact) mass is 803 g/mol. The predicted octanol–water partition coefficient (Wildman–Crippen LogP) is 15.4. The summed E-state index contributed by atoms with van der Waals surface area (Å²) in [6.07, 6.45) is 30.6. The van der Waals surface area contributed by atoms with Gasteiger partial charge in [-0.15, -0.1) is 0 Å². The van der Waals surface area contributed by atoms with Crippen LogP contribution in [-0.4, -0.2) is 39.6 Å². The van der Waals surface area contributed by atoms with Crippen molar-refractivity contribution in [3.8, 4) is 11.5 Å². The van der Waals surface area contributed by atoms with Crippen LogP contribution < -0.4 is 9.47 Å². The van der Waals surface area contributed by atoms with Crippen molar-refractivity contribution in [2.45, 2.75) is 208 Å². The molecule has 54 heavy (non-hydrogen) atoms. The number of benzene rings is 1. The fraction of sp³-hybridized carbons (Fsp3) is 0.864.